The summed E-state index contributed by atoms with van der Waals surface area (Å²) in [4.78, 5) is 1.44. The summed E-state index contributed by atoms with van der Waals surface area (Å²) >= 11 is 4.16. The molecule has 0 N–H and O–H groups in total. The van der Waals surface area contributed by atoms with E-state index >= 15 is 0 Å². The molecule has 1 fully saturated rings. The molecule has 4 aromatic rings. The number of hydrogen-bond acceptors (Lipinski definition) is 3. The molecule has 0 aliphatic carbocycles. The fourth-order valence-electron chi connectivity index (χ4n) is 5.69. The second-order valence-electron chi connectivity index (χ2n) is 8.49. The van der Waals surface area contributed by atoms with Crippen molar-refractivity contribution < 1.29 is 4.74 Å². The van der Waals surface area contributed by atoms with Gasteiger partial charge < -0.3 is 4.74 Å². The molecule has 0 radical (unpaired) electrons. The maximum Gasteiger partial charge on any atom is 0.132 e. The van der Waals surface area contributed by atoms with Gasteiger partial charge in [0, 0.05) is 21.8 Å². The second kappa shape index (κ2) is 5.87. The maximum atomic E-state index is 6.38. The summed E-state index contributed by atoms with van der Waals surface area (Å²) in [5, 5.41) is 2.74. The first kappa shape index (κ1) is 17.3. The minimum Gasteiger partial charge on any atom is -0.457 e. The van der Waals surface area contributed by atoms with Gasteiger partial charge in [0.05, 0.1) is 9.49 Å². The average Bonchev–Trinajstić information content (AvgIpc) is 3.47. The van der Waals surface area contributed by atoms with Crippen LogP contribution in [-0.4, -0.2) is 5.75 Å². The normalized spacial score (nSPS) is 24.8. The molecule has 0 aromatic heterocycles. The number of fused-ring (bicyclic) bond motifs is 9. The Morgan fingerprint density at radius 2 is 1.47 bits per heavy atom. The highest BCUT2D eigenvalue weighted by Crippen LogP contribution is 2.85. The summed E-state index contributed by atoms with van der Waals surface area (Å²) in [7, 11) is 0. The summed E-state index contributed by atoms with van der Waals surface area (Å²) in [6.07, 6.45) is 0. The SMILES string of the molecule is CC1CSc2ccc3ccccc3c2C12SC21c2ccccc2Oc2ccccc21. The van der Waals surface area contributed by atoms with Crippen molar-refractivity contribution in [1.82, 2.24) is 0 Å². The zero-order valence-electron chi connectivity index (χ0n) is 16.6. The van der Waals surface area contributed by atoms with Crippen LogP contribution in [0.3, 0.4) is 0 Å². The Balaban J connectivity index is 1.60. The zero-order chi connectivity index (χ0) is 19.9. The molecule has 1 nitrogen and oxygen atoms in total. The summed E-state index contributed by atoms with van der Waals surface area (Å²) in [5.74, 6) is 3.70. The van der Waals surface area contributed by atoms with E-state index in [-0.39, 0.29) is 9.49 Å². The third-order valence-electron chi connectivity index (χ3n) is 6.99. The molecule has 3 aliphatic heterocycles. The molecule has 0 saturated carbocycles. The Hall–Kier alpha value is -2.36. The third kappa shape index (κ3) is 1.94. The van der Waals surface area contributed by atoms with Crippen molar-refractivity contribution in [1.29, 1.82) is 0 Å². The van der Waals surface area contributed by atoms with Crippen LogP contribution < -0.4 is 4.74 Å². The minimum atomic E-state index is -0.0995. The molecular weight excluding hydrogens is 404 g/mol. The van der Waals surface area contributed by atoms with Gasteiger partial charge in [-0.15, -0.1) is 23.5 Å². The number of ether oxygens (including phenoxy) is 1. The molecule has 30 heavy (non-hydrogen) atoms. The summed E-state index contributed by atoms with van der Waals surface area (Å²) in [6, 6.07) is 30.9. The third-order valence-corrected chi connectivity index (χ3v) is 10.4. The van der Waals surface area contributed by atoms with Gasteiger partial charge in [-0.05, 0) is 40.5 Å². The molecule has 3 aliphatic rings. The van der Waals surface area contributed by atoms with Crippen LogP contribution in [0.25, 0.3) is 10.8 Å². The molecular formula is C27H20OS2. The monoisotopic (exact) mass is 424 g/mol. The number of thioether (sulfide) groups is 2. The van der Waals surface area contributed by atoms with Gasteiger partial charge in [0.15, 0.2) is 0 Å². The first-order chi connectivity index (χ1) is 14.8. The van der Waals surface area contributed by atoms with E-state index in [9.17, 15) is 0 Å². The van der Waals surface area contributed by atoms with E-state index in [0.29, 0.717) is 5.92 Å². The van der Waals surface area contributed by atoms with Crippen LogP contribution in [0, 0.1) is 5.92 Å². The van der Waals surface area contributed by atoms with Crippen LogP contribution in [0.1, 0.15) is 23.6 Å². The lowest BCUT2D eigenvalue weighted by atomic mass is 9.69. The zero-order valence-corrected chi connectivity index (χ0v) is 18.2. The Morgan fingerprint density at radius 1 is 0.800 bits per heavy atom. The van der Waals surface area contributed by atoms with E-state index in [0.717, 1.165) is 17.3 Å². The van der Waals surface area contributed by atoms with E-state index in [2.05, 4.69) is 104 Å². The fourth-order valence-corrected chi connectivity index (χ4v) is 9.24. The first-order valence-corrected chi connectivity index (χ1v) is 12.3. The molecule has 2 atom stereocenters. The van der Waals surface area contributed by atoms with Crippen molar-refractivity contribution in [3.63, 3.8) is 0 Å². The highest BCUT2D eigenvalue weighted by atomic mass is 32.2. The lowest BCUT2D eigenvalue weighted by Gasteiger charge is -2.38. The highest BCUT2D eigenvalue weighted by Gasteiger charge is 2.76. The molecule has 7 rings (SSSR count). The van der Waals surface area contributed by atoms with Gasteiger partial charge in [-0.2, -0.15) is 0 Å². The van der Waals surface area contributed by atoms with Gasteiger partial charge in [0.25, 0.3) is 0 Å². The van der Waals surface area contributed by atoms with Crippen molar-refractivity contribution in [3.05, 3.63) is 102 Å². The average molecular weight is 425 g/mol. The predicted molar refractivity (Wildman–Crippen MR) is 127 cm³/mol. The van der Waals surface area contributed by atoms with Gasteiger partial charge >= 0.3 is 0 Å². The Bertz CT molecular complexity index is 1300. The first-order valence-electron chi connectivity index (χ1n) is 10.5. The standard InChI is InChI=1S/C27H20OS2/c1-17-16-29-24-15-14-18-8-2-3-9-19(18)25(24)26(17)27(30-26)20-10-4-6-12-22(20)28-23-13-7-5-11-21(23)27/h2-15,17H,16H2,1H3. The van der Waals surface area contributed by atoms with E-state index in [1.807, 2.05) is 11.8 Å². The van der Waals surface area contributed by atoms with Crippen LogP contribution in [-0.2, 0) is 9.49 Å². The van der Waals surface area contributed by atoms with Gasteiger partial charge in [0.1, 0.15) is 11.5 Å². The van der Waals surface area contributed by atoms with Crippen LogP contribution >= 0.6 is 23.5 Å². The maximum absolute atomic E-state index is 6.38. The molecule has 2 spiro atoms. The molecule has 2 unspecified atom stereocenters. The van der Waals surface area contributed by atoms with Crippen LogP contribution in [0.15, 0.2) is 89.8 Å². The van der Waals surface area contributed by atoms with E-state index in [1.165, 1.54) is 32.4 Å². The smallest absolute Gasteiger partial charge is 0.132 e. The number of hydrogen-bond donors (Lipinski definition) is 0. The molecule has 4 aromatic carbocycles. The Kier molecular flexibility index (Phi) is 3.39. The fraction of sp³-hybridized carbons (Fsp3) is 0.185. The largest absolute Gasteiger partial charge is 0.457 e. The summed E-state index contributed by atoms with van der Waals surface area (Å²) < 4.78 is 6.30. The minimum absolute atomic E-state index is 0.0183. The quantitative estimate of drug-likeness (QED) is 0.269. The Labute approximate surface area is 184 Å². The van der Waals surface area contributed by atoms with E-state index < -0.39 is 0 Å². The lowest BCUT2D eigenvalue weighted by Crippen LogP contribution is -2.35. The second-order valence-corrected chi connectivity index (χ2v) is 11.0. The predicted octanol–water partition coefficient (Wildman–Crippen LogP) is 7.57. The van der Waals surface area contributed by atoms with Crippen LogP contribution in [0.2, 0.25) is 0 Å². The van der Waals surface area contributed by atoms with Gasteiger partial charge in [-0.1, -0.05) is 73.7 Å². The van der Waals surface area contributed by atoms with Crippen molar-refractivity contribution in [2.75, 3.05) is 5.75 Å². The lowest BCUT2D eigenvalue weighted by molar-refractivity contribution is 0.391. The van der Waals surface area contributed by atoms with E-state index in [4.69, 9.17) is 4.74 Å². The van der Waals surface area contributed by atoms with Crippen molar-refractivity contribution in [2.45, 2.75) is 21.3 Å². The summed E-state index contributed by atoms with van der Waals surface area (Å²) in [5.41, 5.74) is 4.18. The topological polar surface area (TPSA) is 9.23 Å². The van der Waals surface area contributed by atoms with Gasteiger partial charge in [-0.25, -0.2) is 0 Å². The number of para-hydroxylation sites is 2. The number of benzene rings is 4. The highest BCUT2D eigenvalue weighted by molar-refractivity contribution is 8.09. The van der Waals surface area contributed by atoms with Crippen molar-refractivity contribution in [2.24, 2.45) is 5.92 Å². The van der Waals surface area contributed by atoms with E-state index in [1.54, 1.807) is 0 Å². The molecule has 3 heterocycles. The Morgan fingerprint density at radius 3 is 2.23 bits per heavy atom. The number of rotatable bonds is 0. The molecule has 3 heteroatoms. The molecule has 1 saturated heterocycles. The summed E-state index contributed by atoms with van der Waals surface area (Å²) in [6.45, 7) is 2.44. The van der Waals surface area contributed by atoms with Gasteiger partial charge in [-0.3, -0.25) is 0 Å². The van der Waals surface area contributed by atoms with Gasteiger partial charge in [0.2, 0.25) is 0 Å². The van der Waals surface area contributed by atoms with Crippen LogP contribution in [0.4, 0.5) is 0 Å². The van der Waals surface area contributed by atoms with Crippen molar-refractivity contribution >= 4 is 34.3 Å². The molecule has 0 bridgehead atoms. The van der Waals surface area contributed by atoms with Crippen LogP contribution in [0.5, 0.6) is 11.5 Å². The molecule has 0 amide bonds. The van der Waals surface area contributed by atoms with Crippen molar-refractivity contribution in [3.8, 4) is 11.5 Å². The molecule has 146 valence electrons.